The van der Waals surface area contributed by atoms with Crippen molar-refractivity contribution < 1.29 is 0 Å². The molecule has 0 aliphatic carbocycles. The Balaban J connectivity index is 2.22. The van der Waals surface area contributed by atoms with E-state index in [1.807, 2.05) is 11.3 Å². The lowest BCUT2D eigenvalue weighted by molar-refractivity contribution is 0.604. The molecule has 0 aliphatic heterocycles. The highest BCUT2D eigenvalue weighted by atomic mass is 32.1. The summed E-state index contributed by atoms with van der Waals surface area (Å²) in [5.74, 6) is 0.564. The minimum Gasteiger partial charge on any atom is -0.320 e. The Labute approximate surface area is 126 Å². The van der Waals surface area contributed by atoms with Crippen LogP contribution in [0, 0.1) is 0 Å². The van der Waals surface area contributed by atoms with E-state index in [1.54, 1.807) is 0 Å². The van der Waals surface area contributed by atoms with Gasteiger partial charge < -0.3 is 5.73 Å². The molecule has 1 aromatic carbocycles. The molecule has 0 bridgehead atoms. The molecule has 1 aromatic heterocycles. The lowest BCUT2D eigenvalue weighted by Crippen LogP contribution is -2.10. The van der Waals surface area contributed by atoms with Crippen molar-refractivity contribution in [2.45, 2.75) is 52.0 Å². The highest BCUT2D eigenvalue weighted by molar-refractivity contribution is 7.12. The number of benzene rings is 1. The van der Waals surface area contributed by atoms with E-state index in [1.165, 1.54) is 20.9 Å². The molecule has 0 fully saturated rings. The molecule has 2 aromatic rings. The molecule has 0 amide bonds. The minimum atomic E-state index is -0.0164. The van der Waals surface area contributed by atoms with Crippen molar-refractivity contribution in [1.82, 2.24) is 0 Å². The molecular formula is C18H25NS. The van der Waals surface area contributed by atoms with E-state index in [0.29, 0.717) is 5.92 Å². The normalized spacial score (nSPS) is 13.8. The van der Waals surface area contributed by atoms with Crippen molar-refractivity contribution in [3.63, 3.8) is 0 Å². The SMILES string of the molecule is CC(C)c1ccc(C(N)c2ccc(C(C)(C)C)s2)cc1. The minimum absolute atomic E-state index is 0.0164. The molecule has 2 N–H and O–H groups in total. The van der Waals surface area contributed by atoms with Gasteiger partial charge in [-0.25, -0.2) is 0 Å². The lowest BCUT2D eigenvalue weighted by Gasteiger charge is -2.16. The summed E-state index contributed by atoms with van der Waals surface area (Å²) in [6.45, 7) is 11.1. The first-order chi connectivity index (χ1) is 9.29. The molecule has 1 nitrogen and oxygen atoms in total. The standard InChI is InChI=1S/C18H25NS/c1-12(2)13-6-8-14(9-7-13)17(19)15-10-11-16(20-15)18(3,4)5/h6-12,17H,19H2,1-5H3. The maximum absolute atomic E-state index is 6.41. The first kappa shape index (κ1) is 15.3. The quantitative estimate of drug-likeness (QED) is 0.823. The Bertz CT molecular complexity index is 558. The maximum atomic E-state index is 6.41. The van der Waals surface area contributed by atoms with Gasteiger partial charge in [0.25, 0.3) is 0 Å². The number of nitrogens with two attached hydrogens (primary N) is 1. The fraction of sp³-hybridized carbons (Fsp3) is 0.444. The van der Waals surface area contributed by atoms with Gasteiger partial charge in [0.05, 0.1) is 6.04 Å². The summed E-state index contributed by atoms with van der Waals surface area (Å²) < 4.78 is 0. The predicted molar refractivity (Wildman–Crippen MR) is 89.6 cm³/mol. The third-order valence-electron chi connectivity index (χ3n) is 3.63. The van der Waals surface area contributed by atoms with Crippen LogP contribution in [0.3, 0.4) is 0 Å². The Morgan fingerprint density at radius 3 is 1.90 bits per heavy atom. The molecule has 1 atom stereocenters. The molecule has 2 heteroatoms. The van der Waals surface area contributed by atoms with E-state index in [2.05, 4.69) is 71.0 Å². The van der Waals surface area contributed by atoms with Crippen LogP contribution in [-0.2, 0) is 5.41 Å². The number of thiophene rings is 1. The van der Waals surface area contributed by atoms with Crippen molar-refractivity contribution in [1.29, 1.82) is 0 Å². The number of hydrogen-bond acceptors (Lipinski definition) is 2. The second-order valence-electron chi connectivity index (χ2n) is 6.75. The fourth-order valence-corrected chi connectivity index (χ4v) is 3.27. The molecule has 2 rings (SSSR count). The van der Waals surface area contributed by atoms with Gasteiger partial charge in [-0.15, -0.1) is 11.3 Å². The van der Waals surface area contributed by atoms with Crippen LogP contribution in [0.25, 0.3) is 0 Å². The maximum Gasteiger partial charge on any atom is 0.0646 e. The molecule has 0 saturated heterocycles. The zero-order valence-electron chi connectivity index (χ0n) is 13.1. The highest BCUT2D eigenvalue weighted by Crippen LogP contribution is 2.33. The predicted octanol–water partition coefficient (Wildman–Crippen LogP) is 5.22. The molecule has 108 valence electrons. The summed E-state index contributed by atoms with van der Waals surface area (Å²) in [5.41, 5.74) is 9.16. The smallest absolute Gasteiger partial charge is 0.0646 e. The average Bonchev–Trinajstić information content (AvgIpc) is 2.87. The van der Waals surface area contributed by atoms with Crippen molar-refractivity contribution in [2.75, 3.05) is 0 Å². The Hall–Kier alpha value is -1.12. The van der Waals surface area contributed by atoms with Gasteiger partial charge in [0, 0.05) is 9.75 Å². The summed E-state index contributed by atoms with van der Waals surface area (Å²) in [5, 5.41) is 0. The van der Waals surface area contributed by atoms with Crippen molar-refractivity contribution in [3.05, 3.63) is 57.3 Å². The molecule has 1 unspecified atom stereocenters. The summed E-state index contributed by atoms with van der Waals surface area (Å²) in [6.07, 6.45) is 0. The van der Waals surface area contributed by atoms with Gasteiger partial charge >= 0.3 is 0 Å². The van der Waals surface area contributed by atoms with Crippen LogP contribution in [0.4, 0.5) is 0 Å². The Kier molecular flexibility index (Phi) is 4.36. The van der Waals surface area contributed by atoms with E-state index in [9.17, 15) is 0 Å². The van der Waals surface area contributed by atoms with Gasteiger partial charge in [-0.1, -0.05) is 58.9 Å². The van der Waals surface area contributed by atoms with Crippen molar-refractivity contribution >= 4 is 11.3 Å². The molecule has 20 heavy (non-hydrogen) atoms. The van der Waals surface area contributed by atoms with Crippen LogP contribution in [0.2, 0.25) is 0 Å². The Morgan fingerprint density at radius 2 is 1.45 bits per heavy atom. The molecule has 0 aliphatic rings. The van der Waals surface area contributed by atoms with Gasteiger partial charge in [-0.05, 0) is 34.6 Å². The summed E-state index contributed by atoms with van der Waals surface area (Å²) in [4.78, 5) is 2.63. The van der Waals surface area contributed by atoms with E-state index < -0.39 is 0 Å². The molecular weight excluding hydrogens is 262 g/mol. The van der Waals surface area contributed by atoms with Crippen molar-refractivity contribution in [3.8, 4) is 0 Å². The molecule has 0 radical (unpaired) electrons. The van der Waals surface area contributed by atoms with Crippen LogP contribution < -0.4 is 5.73 Å². The van der Waals surface area contributed by atoms with Crippen LogP contribution in [0.15, 0.2) is 36.4 Å². The summed E-state index contributed by atoms with van der Waals surface area (Å²) >= 11 is 1.83. The molecule has 0 spiro atoms. The van der Waals surface area contributed by atoms with Gasteiger partial charge in [-0.2, -0.15) is 0 Å². The van der Waals surface area contributed by atoms with E-state index in [-0.39, 0.29) is 11.5 Å². The van der Waals surface area contributed by atoms with Crippen LogP contribution in [0.5, 0.6) is 0 Å². The largest absolute Gasteiger partial charge is 0.320 e. The van der Waals surface area contributed by atoms with Gasteiger partial charge in [0.15, 0.2) is 0 Å². The topological polar surface area (TPSA) is 26.0 Å². The third kappa shape index (κ3) is 3.31. The van der Waals surface area contributed by atoms with Crippen LogP contribution in [0.1, 0.15) is 67.5 Å². The summed E-state index contributed by atoms with van der Waals surface area (Å²) in [6, 6.07) is 13.1. The first-order valence-electron chi connectivity index (χ1n) is 7.24. The summed E-state index contributed by atoms with van der Waals surface area (Å²) in [7, 11) is 0. The average molecular weight is 287 g/mol. The van der Waals surface area contributed by atoms with E-state index in [0.717, 1.165) is 0 Å². The van der Waals surface area contributed by atoms with Gasteiger partial charge in [0.2, 0.25) is 0 Å². The molecule has 0 saturated carbocycles. The fourth-order valence-electron chi connectivity index (χ4n) is 2.18. The highest BCUT2D eigenvalue weighted by Gasteiger charge is 2.19. The van der Waals surface area contributed by atoms with Gasteiger partial charge in [0.1, 0.15) is 0 Å². The first-order valence-corrected chi connectivity index (χ1v) is 8.06. The van der Waals surface area contributed by atoms with Gasteiger partial charge in [-0.3, -0.25) is 0 Å². The zero-order chi connectivity index (χ0) is 14.9. The monoisotopic (exact) mass is 287 g/mol. The zero-order valence-corrected chi connectivity index (χ0v) is 13.9. The number of hydrogen-bond donors (Lipinski definition) is 1. The Morgan fingerprint density at radius 1 is 0.900 bits per heavy atom. The molecule has 1 heterocycles. The second-order valence-corrected chi connectivity index (χ2v) is 7.87. The number of rotatable bonds is 3. The second kappa shape index (κ2) is 5.71. The van der Waals surface area contributed by atoms with E-state index >= 15 is 0 Å². The van der Waals surface area contributed by atoms with E-state index in [4.69, 9.17) is 5.73 Å². The van der Waals surface area contributed by atoms with Crippen molar-refractivity contribution in [2.24, 2.45) is 5.73 Å². The van der Waals surface area contributed by atoms with Crippen LogP contribution >= 0.6 is 11.3 Å². The third-order valence-corrected chi connectivity index (χ3v) is 5.23. The lowest BCUT2D eigenvalue weighted by atomic mass is 9.95. The van der Waals surface area contributed by atoms with Crippen LogP contribution in [-0.4, -0.2) is 0 Å².